The highest BCUT2D eigenvalue weighted by molar-refractivity contribution is 7.11. The van der Waals surface area contributed by atoms with Gasteiger partial charge in [0.15, 0.2) is 0 Å². The van der Waals surface area contributed by atoms with Crippen LogP contribution in [0.2, 0.25) is 0 Å². The second kappa shape index (κ2) is 4.81. The summed E-state index contributed by atoms with van der Waals surface area (Å²) in [4.78, 5) is 11.3. The molecular formula is C13H14N6S2. The van der Waals surface area contributed by atoms with Crippen molar-refractivity contribution in [3.8, 4) is 11.3 Å². The molecule has 0 atom stereocenters. The van der Waals surface area contributed by atoms with Crippen LogP contribution in [0.5, 0.6) is 0 Å². The number of aromatic nitrogens is 4. The molecule has 0 aliphatic carbocycles. The minimum absolute atomic E-state index is 0.564. The lowest BCUT2D eigenvalue weighted by atomic mass is 10.2. The molecule has 6 nitrogen and oxygen atoms in total. The van der Waals surface area contributed by atoms with E-state index in [1.165, 1.54) is 11.5 Å². The normalized spacial score (nSPS) is 14.4. The highest BCUT2D eigenvalue weighted by Crippen LogP contribution is 2.40. The average molecular weight is 318 g/mol. The predicted octanol–water partition coefficient (Wildman–Crippen LogP) is 2.37. The quantitative estimate of drug-likeness (QED) is 0.785. The van der Waals surface area contributed by atoms with Gasteiger partial charge < -0.3 is 15.2 Å². The first-order valence-corrected chi connectivity index (χ1v) is 8.30. The molecule has 0 unspecified atom stereocenters. The van der Waals surface area contributed by atoms with Gasteiger partial charge in [-0.05, 0) is 18.5 Å². The van der Waals surface area contributed by atoms with Gasteiger partial charge in [0.1, 0.15) is 16.6 Å². The van der Waals surface area contributed by atoms with E-state index < -0.39 is 0 Å². The van der Waals surface area contributed by atoms with E-state index in [1.807, 2.05) is 24.7 Å². The number of thiazole rings is 1. The molecule has 0 fully saturated rings. The van der Waals surface area contributed by atoms with E-state index in [2.05, 4.69) is 23.8 Å². The third kappa shape index (κ3) is 2.11. The van der Waals surface area contributed by atoms with Crippen molar-refractivity contribution >= 4 is 33.7 Å². The molecule has 0 saturated carbocycles. The Kier molecular flexibility index (Phi) is 2.93. The highest BCUT2D eigenvalue weighted by Gasteiger charge is 2.24. The molecule has 4 heterocycles. The topological polar surface area (TPSA) is 72.9 Å². The van der Waals surface area contributed by atoms with Gasteiger partial charge in [-0.2, -0.15) is 4.37 Å². The zero-order valence-corrected chi connectivity index (χ0v) is 13.1. The molecule has 0 spiro atoms. The molecular weight excluding hydrogens is 304 g/mol. The van der Waals surface area contributed by atoms with Crippen molar-refractivity contribution in [2.45, 2.75) is 20.0 Å². The average Bonchev–Trinajstić information content (AvgIpc) is 3.17. The summed E-state index contributed by atoms with van der Waals surface area (Å²) in [6.45, 7) is 4.65. The van der Waals surface area contributed by atoms with Crippen molar-refractivity contribution in [1.29, 1.82) is 0 Å². The number of aryl methyl sites for hydroxylation is 1. The van der Waals surface area contributed by atoms with Crippen molar-refractivity contribution < 1.29 is 0 Å². The largest absolute Gasteiger partial charge is 0.382 e. The molecule has 3 aromatic heterocycles. The van der Waals surface area contributed by atoms with Crippen LogP contribution < -0.4 is 10.6 Å². The van der Waals surface area contributed by atoms with E-state index in [0.29, 0.717) is 5.82 Å². The second-order valence-electron chi connectivity index (χ2n) is 4.96. The molecule has 0 saturated heterocycles. The molecule has 4 rings (SSSR count). The Morgan fingerprint density at radius 3 is 3.05 bits per heavy atom. The van der Waals surface area contributed by atoms with Gasteiger partial charge in [0.05, 0.1) is 22.8 Å². The Balaban J connectivity index is 1.74. The van der Waals surface area contributed by atoms with Crippen molar-refractivity contribution in [2.75, 3.05) is 17.2 Å². The van der Waals surface area contributed by atoms with Gasteiger partial charge in [-0.3, -0.25) is 0 Å². The monoisotopic (exact) mass is 318 g/mol. The van der Waals surface area contributed by atoms with E-state index >= 15 is 0 Å². The number of anilines is 2. The molecule has 1 aliphatic heterocycles. The minimum Gasteiger partial charge on any atom is -0.382 e. The number of nitrogens with zero attached hydrogens (tertiary/aromatic N) is 5. The summed E-state index contributed by atoms with van der Waals surface area (Å²) in [6.07, 6.45) is 3.88. The summed E-state index contributed by atoms with van der Waals surface area (Å²) in [5.74, 6) is 1.64. The number of fused-ring (bicyclic) bond motifs is 1. The Labute approximate surface area is 130 Å². The molecule has 0 bridgehead atoms. The highest BCUT2D eigenvalue weighted by atomic mass is 32.1. The van der Waals surface area contributed by atoms with Crippen LogP contribution in [-0.4, -0.2) is 25.5 Å². The Hall–Kier alpha value is -1.93. The van der Waals surface area contributed by atoms with E-state index in [0.717, 1.165) is 46.7 Å². The van der Waals surface area contributed by atoms with Gasteiger partial charge >= 0.3 is 0 Å². The lowest BCUT2D eigenvalue weighted by molar-refractivity contribution is 0.563. The minimum atomic E-state index is 0.564. The Morgan fingerprint density at radius 1 is 1.33 bits per heavy atom. The summed E-state index contributed by atoms with van der Waals surface area (Å²) in [5.41, 5.74) is 7.97. The van der Waals surface area contributed by atoms with E-state index in [4.69, 9.17) is 5.73 Å². The summed E-state index contributed by atoms with van der Waals surface area (Å²) >= 11 is 3.07. The molecule has 0 aromatic carbocycles. The maximum atomic E-state index is 6.08. The predicted molar refractivity (Wildman–Crippen MR) is 85.6 cm³/mol. The van der Waals surface area contributed by atoms with Gasteiger partial charge in [-0.25, -0.2) is 9.97 Å². The molecule has 0 radical (unpaired) electrons. The van der Waals surface area contributed by atoms with Crippen molar-refractivity contribution in [3.05, 3.63) is 28.6 Å². The lowest BCUT2D eigenvalue weighted by Crippen LogP contribution is -2.33. The Bertz CT molecular complexity index is 786. The summed E-state index contributed by atoms with van der Waals surface area (Å²) in [7, 11) is 0. The van der Waals surface area contributed by atoms with E-state index in [1.54, 1.807) is 11.3 Å². The van der Waals surface area contributed by atoms with E-state index in [-0.39, 0.29) is 0 Å². The van der Waals surface area contributed by atoms with Crippen LogP contribution in [0.3, 0.4) is 0 Å². The molecule has 3 aromatic rings. The van der Waals surface area contributed by atoms with Crippen LogP contribution in [-0.2, 0) is 13.1 Å². The number of imidazole rings is 1. The van der Waals surface area contributed by atoms with Crippen LogP contribution >= 0.6 is 22.9 Å². The third-order valence-electron chi connectivity index (χ3n) is 3.61. The van der Waals surface area contributed by atoms with Crippen LogP contribution in [0.25, 0.3) is 11.3 Å². The Morgan fingerprint density at radius 2 is 2.24 bits per heavy atom. The summed E-state index contributed by atoms with van der Waals surface area (Å²) in [6, 6.07) is 0. The number of nitrogen functional groups attached to an aromatic ring is 1. The fourth-order valence-corrected chi connectivity index (χ4v) is 4.03. The standard InChI is InChI=1S/C13H14N6S2/c1-8-16-9(7-20-8)11-12(14)17-21-13(11)19-5-4-18-3-2-15-10(18)6-19/h2-3,7H,4-6H2,1H3,(H2,14,17). The maximum absolute atomic E-state index is 6.08. The van der Waals surface area contributed by atoms with Gasteiger partial charge in [0.2, 0.25) is 0 Å². The SMILES string of the molecule is Cc1nc(-c2c(N)nsc2N2CCn3ccnc3C2)cs1. The summed E-state index contributed by atoms with van der Waals surface area (Å²) < 4.78 is 6.52. The fraction of sp³-hybridized carbons (Fsp3) is 0.308. The number of hydrogen-bond acceptors (Lipinski definition) is 7. The van der Waals surface area contributed by atoms with Crippen molar-refractivity contribution in [2.24, 2.45) is 0 Å². The fourth-order valence-electron chi connectivity index (χ4n) is 2.57. The molecule has 2 N–H and O–H groups in total. The first-order valence-electron chi connectivity index (χ1n) is 6.65. The smallest absolute Gasteiger partial charge is 0.148 e. The summed E-state index contributed by atoms with van der Waals surface area (Å²) in [5, 5.41) is 4.17. The van der Waals surface area contributed by atoms with Crippen LogP contribution in [0.15, 0.2) is 17.8 Å². The first-order chi connectivity index (χ1) is 10.2. The molecule has 1 aliphatic rings. The van der Waals surface area contributed by atoms with Crippen LogP contribution in [0.4, 0.5) is 10.8 Å². The first kappa shape index (κ1) is 12.8. The van der Waals surface area contributed by atoms with Crippen molar-refractivity contribution in [1.82, 2.24) is 18.9 Å². The third-order valence-corrected chi connectivity index (χ3v) is 5.30. The molecule has 8 heteroatoms. The number of rotatable bonds is 2. The second-order valence-corrected chi connectivity index (χ2v) is 6.77. The van der Waals surface area contributed by atoms with E-state index in [9.17, 15) is 0 Å². The number of nitrogens with two attached hydrogens (primary N) is 1. The van der Waals surface area contributed by atoms with Crippen LogP contribution in [0, 0.1) is 6.92 Å². The molecule has 21 heavy (non-hydrogen) atoms. The van der Waals surface area contributed by atoms with Crippen LogP contribution in [0.1, 0.15) is 10.8 Å². The molecule has 0 amide bonds. The van der Waals surface area contributed by atoms with Gasteiger partial charge in [0.25, 0.3) is 0 Å². The zero-order valence-electron chi connectivity index (χ0n) is 11.5. The molecule has 108 valence electrons. The van der Waals surface area contributed by atoms with Gasteiger partial charge in [0, 0.05) is 30.9 Å². The number of hydrogen-bond donors (Lipinski definition) is 1. The van der Waals surface area contributed by atoms with Gasteiger partial charge in [-0.1, -0.05) is 0 Å². The van der Waals surface area contributed by atoms with Gasteiger partial charge in [-0.15, -0.1) is 11.3 Å². The lowest BCUT2D eigenvalue weighted by Gasteiger charge is -2.28. The zero-order chi connectivity index (χ0) is 14.4. The maximum Gasteiger partial charge on any atom is 0.148 e. The van der Waals surface area contributed by atoms with Crippen molar-refractivity contribution in [3.63, 3.8) is 0 Å².